The Morgan fingerprint density at radius 3 is 2.58 bits per heavy atom. The number of aromatic nitrogens is 1. The summed E-state index contributed by atoms with van der Waals surface area (Å²) in [4.78, 5) is 30.4. The van der Waals surface area contributed by atoms with Gasteiger partial charge in [-0.1, -0.05) is 48.5 Å². The number of ether oxygens (including phenoxy) is 1. The average molecular weight is 412 g/mol. The van der Waals surface area contributed by atoms with Gasteiger partial charge in [0, 0.05) is 11.4 Å². The Morgan fingerprint density at radius 2 is 1.81 bits per heavy atom. The Balaban J connectivity index is 1.53. The van der Waals surface area contributed by atoms with Crippen LogP contribution >= 0.6 is 0 Å². The minimum Gasteiger partial charge on any atom is -0.449 e. The van der Waals surface area contributed by atoms with Crippen LogP contribution in [0, 0.1) is 0 Å². The van der Waals surface area contributed by atoms with Gasteiger partial charge in [0.05, 0.1) is 16.8 Å². The van der Waals surface area contributed by atoms with E-state index in [2.05, 4.69) is 23.5 Å². The number of hydrogen-bond donors (Lipinski definition) is 1. The maximum atomic E-state index is 13.3. The summed E-state index contributed by atoms with van der Waals surface area (Å²) in [5.41, 5.74) is 5.26. The lowest BCUT2D eigenvalue weighted by Crippen LogP contribution is -2.37. The van der Waals surface area contributed by atoms with Gasteiger partial charge in [-0.25, -0.2) is 9.78 Å². The Morgan fingerprint density at radius 1 is 1.06 bits per heavy atom. The number of allylic oxidation sites excluding steroid dienone is 1. The first kappa shape index (κ1) is 19.5. The number of nitrogens with zero attached hydrogens (tertiary/aromatic N) is 1. The number of esters is 1. The summed E-state index contributed by atoms with van der Waals surface area (Å²) >= 11 is 0. The third-order valence-electron chi connectivity index (χ3n) is 5.86. The maximum absolute atomic E-state index is 13.3. The molecule has 2 aromatic carbocycles. The molecule has 31 heavy (non-hydrogen) atoms. The second-order valence-corrected chi connectivity index (χ2v) is 8.24. The van der Waals surface area contributed by atoms with Crippen molar-refractivity contribution in [3.05, 3.63) is 77.0 Å². The lowest BCUT2D eigenvalue weighted by molar-refractivity contribution is -0.129. The van der Waals surface area contributed by atoms with E-state index < -0.39 is 12.1 Å². The molecular weight excluding hydrogens is 388 g/mol. The van der Waals surface area contributed by atoms with Crippen LogP contribution in [-0.4, -0.2) is 29.0 Å². The van der Waals surface area contributed by atoms with Gasteiger partial charge in [-0.05, 0) is 61.4 Å². The van der Waals surface area contributed by atoms with Gasteiger partial charge in [-0.3, -0.25) is 4.79 Å². The van der Waals surface area contributed by atoms with Gasteiger partial charge < -0.3 is 10.1 Å². The molecule has 3 aromatic rings. The highest BCUT2D eigenvalue weighted by molar-refractivity contribution is 6.07. The van der Waals surface area contributed by atoms with E-state index >= 15 is 0 Å². The second-order valence-electron chi connectivity index (χ2n) is 8.24. The molecule has 0 bridgehead atoms. The molecule has 1 N–H and O–H groups in total. The topological polar surface area (TPSA) is 68.3 Å². The Hall–Kier alpha value is -3.47. The summed E-state index contributed by atoms with van der Waals surface area (Å²) in [5, 5.41) is 3.66. The van der Waals surface area contributed by atoms with Gasteiger partial charge >= 0.3 is 5.97 Å². The monoisotopic (exact) mass is 412 g/mol. The van der Waals surface area contributed by atoms with E-state index in [1.807, 2.05) is 42.5 Å². The Bertz CT molecular complexity index is 1200. The van der Waals surface area contributed by atoms with E-state index in [9.17, 15) is 9.59 Å². The van der Waals surface area contributed by atoms with Crippen LogP contribution in [0.15, 0.2) is 54.6 Å². The summed E-state index contributed by atoms with van der Waals surface area (Å²) < 4.78 is 5.62. The molecule has 0 aliphatic heterocycles. The Kier molecular flexibility index (Phi) is 5.02. The number of carbonyl (C=O) groups is 2. The molecule has 2 aliphatic rings. The van der Waals surface area contributed by atoms with Crippen LogP contribution in [0.4, 0.5) is 0 Å². The van der Waals surface area contributed by atoms with Crippen LogP contribution in [0.1, 0.15) is 53.4 Å². The predicted molar refractivity (Wildman–Crippen MR) is 120 cm³/mol. The molecule has 1 heterocycles. The quantitative estimate of drug-likeness (QED) is 0.625. The van der Waals surface area contributed by atoms with E-state index in [0.717, 1.165) is 59.0 Å². The fourth-order valence-electron chi connectivity index (χ4n) is 4.08. The molecule has 5 heteroatoms. The van der Waals surface area contributed by atoms with E-state index in [1.54, 1.807) is 6.92 Å². The average Bonchev–Trinajstić information content (AvgIpc) is 3.52. The molecule has 2 aliphatic carbocycles. The molecule has 0 saturated heterocycles. The van der Waals surface area contributed by atoms with Crippen molar-refractivity contribution in [2.75, 3.05) is 0 Å². The zero-order chi connectivity index (χ0) is 21.4. The highest BCUT2D eigenvalue weighted by atomic mass is 16.5. The van der Waals surface area contributed by atoms with E-state index in [-0.39, 0.29) is 11.9 Å². The third kappa shape index (κ3) is 3.96. The summed E-state index contributed by atoms with van der Waals surface area (Å²) in [6.45, 7) is 1.62. The fraction of sp³-hybridized carbons (Fsp3) is 0.269. The highest BCUT2D eigenvalue weighted by Gasteiger charge is 2.31. The first-order valence-corrected chi connectivity index (χ1v) is 10.8. The van der Waals surface area contributed by atoms with Crippen molar-refractivity contribution in [1.29, 1.82) is 0 Å². The smallest absolute Gasteiger partial charge is 0.339 e. The van der Waals surface area contributed by atoms with Gasteiger partial charge in [0.25, 0.3) is 5.91 Å². The summed E-state index contributed by atoms with van der Waals surface area (Å²) in [6.07, 6.45) is 4.81. The Labute approximate surface area is 181 Å². The summed E-state index contributed by atoms with van der Waals surface area (Å²) in [5.74, 6) is -0.704. The van der Waals surface area contributed by atoms with Gasteiger partial charge in [-0.15, -0.1) is 0 Å². The number of nitrogens with one attached hydrogen (secondary N) is 1. The number of hydrogen-bond acceptors (Lipinski definition) is 4. The highest BCUT2D eigenvalue weighted by Crippen LogP contribution is 2.38. The number of carbonyl (C=O) groups excluding carboxylic acids is 2. The lowest BCUT2D eigenvalue weighted by atomic mass is 10.0. The molecule has 0 radical (unpaired) electrons. The molecule has 0 spiro atoms. The van der Waals surface area contributed by atoms with Crippen LogP contribution in [0.25, 0.3) is 22.6 Å². The number of amides is 1. The summed E-state index contributed by atoms with van der Waals surface area (Å²) in [7, 11) is 0. The molecule has 5 rings (SSSR count). The SMILES string of the molecule is CC(OC(=O)c1c2c(nc3ccccc13)/C(=C/c1ccccc1)CC2)C(=O)NC1CC1. The lowest BCUT2D eigenvalue weighted by Gasteiger charge is -2.16. The van der Waals surface area contributed by atoms with Crippen molar-refractivity contribution < 1.29 is 14.3 Å². The van der Waals surface area contributed by atoms with Crippen LogP contribution in [0.3, 0.4) is 0 Å². The zero-order valence-electron chi connectivity index (χ0n) is 17.4. The van der Waals surface area contributed by atoms with E-state index in [0.29, 0.717) is 5.56 Å². The largest absolute Gasteiger partial charge is 0.449 e. The molecule has 1 atom stereocenters. The van der Waals surface area contributed by atoms with Crippen molar-refractivity contribution in [2.45, 2.75) is 44.8 Å². The molecule has 1 fully saturated rings. The first-order valence-electron chi connectivity index (χ1n) is 10.8. The molecule has 1 saturated carbocycles. The van der Waals surface area contributed by atoms with Crippen molar-refractivity contribution in [3.8, 4) is 0 Å². The van der Waals surface area contributed by atoms with Gasteiger partial charge in [0.2, 0.25) is 0 Å². The molecule has 1 amide bonds. The number of fused-ring (bicyclic) bond motifs is 2. The maximum Gasteiger partial charge on any atom is 0.339 e. The van der Waals surface area contributed by atoms with Crippen LogP contribution < -0.4 is 5.32 Å². The number of pyridine rings is 1. The van der Waals surface area contributed by atoms with Crippen molar-refractivity contribution >= 4 is 34.4 Å². The molecular formula is C26H24N2O3. The van der Waals surface area contributed by atoms with Crippen molar-refractivity contribution in [2.24, 2.45) is 0 Å². The number of benzene rings is 2. The predicted octanol–water partition coefficient (Wildman–Crippen LogP) is 4.55. The van der Waals surface area contributed by atoms with Crippen LogP contribution in [0.5, 0.6) is 0 Å². The fourth-order valence-corrected chi connectivity index (χ4v) is 4.08. The molecule has 1 unspecified atom stereocenters. The van der Waals surface area contributed by atoms with Crippen molar-refractivity contribution in [1.82, 2.24) is 10.3 Å². The summed E-state index contributed by atoms with van der Waals surface area (Å²) in [6, 6.07) is 18.0. The van der Waals surface area contributed by atoms with Crippen molar-refractivity contribution in [3.63, 3.8) is 0 Å². The van der Waals surface area contributed by atoms with Gasteiger partial charge in [0.1, 0.15) is 0 Å². The molecule has 1 aromatic heterocycles. The van der Waals surface area contributed by atoms with Crippen LogP contribution in [0.2, 0.25) is 0 Å². The third-order valence-corrected chi connectivity index (χ3v) is 5.86. The molecule has 156 valence electrons. The normalized spacial score (nSPS) is 17.4. The minimum atomic E-state index is -0.837. The minimum absolute atomic E-state index is 0.227. The first-order chi connectivity index (χ1) is 15.1. The second kappa shape index (κ2) is 7.99. The molecule has 5 nitrogen and oxygen atoms in total. The zero-order valence-corrected chi connectivity index (χ0v) is 17.4. The van der Waals surface area contributed by atoms with E-state index in [1.165, 1.54) is 0 Å². The number of para-hydroxylation sites is 1. The van der Waals surface area contributed by atoms with Crippen LogP contribution in [-0.2, 0) is 16.0 Å². The standard InChI is InChI=1S/C26H24N2O3/c1-16(25(29)27-19-12-13-19)31-26(30)23-20-9-5-6-10-22(20)28-24-18(11-14-21(23)24)15-17-7-3-2-4-8-17/h2-10,15-16,19H,11-14H2,1H3,(H,27,29)/b18-15+. The number of rotatable bonds is 5. The van der Waals surface area contributed by atoms with Gasteiger partial charge in [0.15, 0.2) is 6.10 Å². The van der Waals surface area contributed by atoms with E-state index in [4.69, 9.17) is 9.72 Å². The van der Waals surface area contributed by atoms with Gasteiger partial charge in [-0.2, -0.15) is 0 Å².